The molecule has 1 aromatic heterocycles. The minimum absolute atomic E-state index is 0.0260. The maximum absolute atomic E-state index is 12.3. The topological polar surface area (TPSA) is 46.9 Å². The number of hydrogen-bond donors (Lipinski definition) is 1. The number of aromatic nitrogens is 2. The monoisotopic (exact) mass is 377 g/mol. The Labute approximate surface area is 124 Å². The maximum atomic E-state index is 12.3. The van der Waals surface area contributed by atoms with E-state index >= 15 is 0 Å². The van der Waals surface area contributed by atoms with Gasteiger partial charge in [-0.3, -0.25) is 9.48 Å². The summed E-state index contributed by atoms with van der Waals surface area (Å²) in [6, 6.07) is 0. The Balaban J connectivity index is 2.21. The number of nitrogens with zero attached hydrogens (tertiary/aromatic N) is 2. The molecule has 1 aliphatic rings. The molecule has 1 amide bonds. The number of anilines is 1. The lowest BCUT2D eigenvalue weighted by Crippen LogP contribution is -2.26. The summed E-state index contributed by atoms with van der Waals surface area (Å²) in [7, 11) is 0. The van der Waals surface area contributed by atoms with Crippen LogP contribution in [0, 0.1) is 19.3 Å². The number of halogens is 2. The van der Waals surface area contributed by atoms with Crippen molar-refractivity contribution in [2.45, 2.75) is 43.9 Å². The molecule has 1 atom stereocenters. The van der Waals surface area contributed by atoms with E-state index < -0.39 is 5.41 Å². The molecule has 2 rings (SSSR count). The third-order valence-electron chi connectivity index (χ3n) is 3.68. The molecule has 4 nitrogen and oxygen atoms in total. The van der Waals surface area contributed by atoms with E-state index in [-0.39, 0.29) is 9.14 Å². The van der Waals surface area contributed by atoms with Gasteiger partial charge in [-0.05, 0) is 34.1 Å². The summed E-state index contributed by atoms with van der Waals surface area (Å²) in [5.41, 5.74) is 2.30. The highest BCUT2D eigenvalue weighted by molar-refractivity contribution is 9.25. The van der Waals surface area contributed by atoms with Gasteiger partial charge in [0, 0.05) is 6.54 Å². The van der Waals surface area contributed by atoms with Gasteiger partial charge < -0.3 is 5.32 Å². The van der Waals surface area contributed by atoms with Crippen molar-refractivity contribution in [3.63, 3.8) is 0 Å². The van der Waals surface area contributed by atoms with Crippen LogP contribution in [0.25, 0.3) is 0 Å². The Kier molecular flexibility index (Phi) is 3.39. The molecular weight excluding hydrogens is 362 g/mol. The second-order valence-corrected chi connectivity index (χ2v) is 8.80. The predicted molar refractivity (Wildman–Crippen MR) is 79.3 cm³/mol. The van der Waals surface area contributed by atoms with Crippen molar-refractivity contribution in [2.24, 2.45) is 5.41 Å². The Morgan fingerprint density at radius 3 is 2.44 bits per heavy atom. The third kappa shape index (κ3) is 2.03. The predicted octanol–water partition coefficient (Wildman–Crippen LogP) is 3.35. The molecule has 18 heavy (non-hydrogen) atoms. The summed E-state index contributed by atoms with van der Waals surface area (Å²) in [4.78, 5) is 12.3. The van der Waals surface area contributed by atoms with Crippen molar-refractivity contribution in [2.75, 3.05) is 5.32 Å². The number of alkyl halides is 2. The highest BCUT2D eigenvalue weighted by Crippen LogP contribution is 2.66. The summed E-state index contributed by atoms with van der Waals surface area (Å²) in [6.45, 7) is 8.68. The van der Waals surface area contributed by atoms with Crippen LogP contribution in [0.5, 0.6) is 0 Å². The summed E-state index contributed by atoms with van der Waals surface area (Å²) in [5.74, 6) is 0.0260. The van der Waals surface area contributed by atoms with Gasteiger partial charge in [-0.1, -0.05) is 31.9 Å². The van der Waals surface area contributed by atoms with Crippen molar-refractivity contribution in [1.29, 1.82) is 0 Å². The Morgan fingerprint density at radius 1 is 1.50 bits per heavy atom. The molecule has 1 aliphatic carbocycles. The number of rotatable bonds is 3. The second kappa shape index (κ2) is 4.34. The fraction of sp³-hybridized carbons (Fsp3) is 0.667. The van der Waals surface area contributed by atoms with Crippen LogP contribution in [-0.2, 0) is 11.3 Å². The zero-order valence-electron chi connectivity index (χ0n) is 11.0. The van der Waals surface area contributed by atoms with E-state index in [2.05, 4.69) is 42.3 Å². The molecule has 1 fully saturated rings. The van der Waals surface area contributed by atoms with Gasteiger partial charge in [-0.2, -0.15) is 5.10 Å². The van der Waals surface area contributed by atoms with Crippen LogP contribution in [0.15, 0.2) is 0 Å². The van der Waals surface area contributed by atoms with Gasteiger partial charge in [0.05, 0.1) is 25.7 Å². The van der Waals surface area contributed by atoms with Crippen molar-refractivity contribution in [3.05, 3.63) is 11.4 Å². The molecule has 6 heteroatoms. The minimum Gasteiger partial charge on any atom is -0.322 e. The van der Waals surface area contributed by atoms with E-state index in [0.29, 0.717) is 0 Å². The molecule has 0 saturated heterocycles. The molecule has 1 unspecified atom stereocenters. The smallest absolute Gasteiger partial charge is 0.232 e. The molecule has 0 radical (unpaired) electrons. The first-order valence-electron chi connectivity index (χ1n) is 5.96. The van der Waals surface area contributed by atoms with Gasteiger partial charge >= 0.3 is 0 Å². The first-order valence-corrected chi connectivity index (χ1v) is 7.55. The largest absolute Gasteiger partial charge is 0.322 e. The standard InChI is InChI=1S/C12H17Br2N3O/c1-5-17-8(3)9(7(2)16-17)15-10(18)11(4)6-12(11,13)14/h5-6H2,1-4H3,(H,15,18). The summed E-state index contributed by atoms with van der Waals surface area (Å²) < 4.78 is 1.63. The molecule has 0 bridgehead atoms. The minimum atomic E-state index is -0.403. The molecule has 1 heterocycles. The van der Waals surface area contributed by atoms with Gasteiger partial charge in [-0.25, -0.2) is 0 Å². The lowest BCUT2D eigenvalue weighted by molar-refractivity contribution is -0.120. The van der Waals surface area contributed by atoms with Crippen LogP contribution >= 0.6 is 31.9 Å². The summed E-state index contributed by atoms with van der Waals surface area (Å²) in [6.07, 6.45) is 0.784. The van der Waals surface area contributed by atoms with Crippen LogP contribution in [0.4, 0.5) is 5.69 Å². The molecular formula is C12H17Br2N3O. The maximum Gasteiger partial charge on any atom is 0.232 e. The van der Waals surface area contributed by atoms with E-state index in [4.69, 9.17) is 0 Å². The zero-order valence-corrected chi connectivity index (χ0v) is 14.1. The third-order valence-corrected chi connectivity index (χ3v) is 5.99. The average Bonchev–Trinajstić information content (AvgIpc) is 2.69. The van der Waals surface area contributed by atoms with E-state index in [1.54, 1.807) is 0 Å². The molecule has 0 spiro atoms. The first-order chi connectivity index (χ1) is 8.23. The number of hydrogen-bond acceptors (Lipinski definition) is 2. The Morgan fingerprint density at radius 2 is 2.06 bits per heavy atom. The molecule has 0 aliphatic heterocycles. The van der Waals surface area contributed by atoms with Crippen LogP contribution in [-0.4, -0.2) is 18.9 Å². The number of aryl methyl sites for hydroxylation is 2. The number of nitrogens with one attached hydrogen (secondary N) is 1. The van der Waals surface area contributed by atoms with Crippen molar-refractivity contribution >= 4 is 43.5 Å². The second-order valence-electron chi connectivity index (χ2n) is 5.03. The SMILES string of the molecule is CCn1nc(C)c(NC(=O)C2(C)CC2(Br)Br)c1C. The number of amides is 1. The van der Waals surface area contributed by atoms with Crippen molar-refractivity contribution < 1.29 is 4.79 Å². The number of carbonyl (C=O) groups excluding carboxylic acids is 1. The van der Waals surface area contributed by atoms with Gasteiger partial charge in [0.1, 0.15) is 0 Å². The highest BCUT2D eigenvalue weighted by Gasteiger charge is 2.66. The first kappa shape index (κ1) is 14.1. The fourth-order valence-electron chi connectivity index (χ4n) is 2.08. The molecule has 100 valence electrons. The van der Waals surface area contributed by atoms with E-state index in [0.717, 1.165) is 30.0 Å². The van der Waals surface area contributed by atoms with Crippen LogP contribution in [0.3, 0.4) is 0 Å². The normalized spacial score (nSPS) is 25.0. The molecule has 0 aromatic carbocycles. The van der Waals surface area contributed by atoms with Crippen molar-refractivity contribution in [3.8, 4) is 0 Å². The molecule has 1 saturated carbocycles. The zero-order chi connectivity index (χ0) is 13.7. The van der Waals surface area contributed by atoms with E-state index in [1.165, 1.54) is 0 Å². The van der Waals surface area contributed by atoms with Gasteiger partial charge in [0.15, 0.2) is 0 Å². The van der Waals surface area contributed by atoms with Crippen molar-refractivity contribution in [1.82, 2.24) is 9.78 Å². The van der Waals surface area contributed by atoms with Gasteiger partial charge in [0.25, 0.3) is 0 Å². The fourth-order valence-corrected chi connectivity index (χ4v) is 3.56. The lowest BCUT2D eigenvalue weighted by Gasteiger charge is -2.13. The van der Waals surface area contributed by atoms with Crippen LogP contribution in [0.2, 0.25) is 0 Å². The van der Waals surface area contributed by atoms with Gasteiger partial charge in [0.2, 0.25) is 5.91 Å². The van der Waals surface area contributed by atoms with Gasteiger partial charge in [-0.15, -0.1) is 0 Å². The lowest BCUT2D eigenvalue weighted by atomic mass is 10.1. The molecule has 1 N–H and O–H groups in total. The van der Waals surface area contributed by atoms with Crippen LogP contribution in [0.1, 0.15) is 31.7 Å². The summed E-state index contributed by atoms with van der Waals surface area (Å²) in [5, 5.41) is 7.41. The Hall–Kier alpha value is -0.360. The quantitative estimate of drug-likeness (QED) is 0.819. The highest BCUT2D eigenvalue weighted by atomic mass is 79.9. The summed E-state index contributed by atoms with van der Waals surface area (Å²) >= 11 is 7.03. The van der Waals surface area contributed by atoms with E-state index in [1.807, 2.05) is 32.4 Å². The average molecular weight is 379 g/mol. The number of carbonyl (C=O) groups is 1. The Bertz CT molecular complexity index is 510. The molecule has 1 aromatic rings. The van der Waals surface area contributed by atoms with Crippen LogP contribution < -0.4 is 5.32 Å². The van der Waals surface area contributed by atoms with E-state index in [9.17, 15) is 4.79 Å².